The van der Waals surface area contributed by atoms with E-state index >= 15 is 0 Å². The first kappa shape index (κ1) is 19.2. The summed E-state index contributed by atoms with van der Waals surface area (Å²) in [4.78, 5) is 18.8. The summed E-state index contributed by atoms with van der Waals surface area (Å²) in [6.07, 6.45) is 3.76. The fourth-order valence-electron chi connectivity index (χ4n) is 3.22. The number of rotatable bonds is 8. The minimum atomic E-state index is -0.000731. The largest absolute Gasteiger partial charge is 0.354 e. The van der Waals surface area contributed by atoms with Gasteiger partial charge < -0.3 is 5.32 Å². The summed E-state index contributed by atoms with van der Waals surface area (Å²) in [7, 11) is 0. The lowest BCUT2D eigenvalue weighted by Crippen LogP contribution is -2.43. The summed E-state index contributed by atoms with van der Waals surface area (Å²) >= 11 is 7.68. The van der Waals surface area contributed by atoms with Gasteiger partial charge in [-0.15, -0.1) is 0 Å². The number of benzene rings is 1. The van der Waals surface area contributed by atoms with Crippen molar-refractivity contribution in [1.82, 2.24) is 15.2 Å². The maximum Gasteiger partial charge on any atom is 0.237 e. The Bertz CT molecular complexity index is 713. The molecule has 3 rings (SSSR count). The van der Waals surface area contributed by atoms with Crippen molar-refractivity contribution in [3.8, 4) is 0 Å². The number of carbonyl (C=O) groups is 1. The molecule has 1 aliphatic heterocycles. The van der Waals surface area contributed by atoms with Crippen LogP contribution in [-0.4, -0.2) is 40.7 Å². The first-order valence-corrected chi connectivity index (χ1v) is 10.5. The zero-order valence-electron chi connectivity index (χ0n) is 14.7. The van der Waals surface area contributed by atoms with Gasteiger partial charge in [0.05, 0.1) is 6.04 Å². The van der Waals surface area contributed by atoms with Crippen LogP contribution in [0.4, 0.5) is 0 Å². The summed E-state index contributed by atoms with van der Waals surface area (Å²) in [5.74, 6) is 1.92. The van der Waals surface area contributed by atoms with Crippen molar-refractivity contribution in [2.45, 2.75) is 31.2 Å². The maximum atomic E-state index is 12.5. The SMILES string of the molecule is O=C(NCCSCc1ccnc(Cl)c1)[C@H]1CCCN1Cc1ccccc1. The average molecular weight is 390 g/mol. The standard InChI is InChI=1S/C20H24ClN3OS/c21-19-13-17(8-9-22-19)15-26-12-10-23-20(25)18-7-4-11-24(18)14-16-5-2-1-3-6-16/h1-3,5-6,8-9,13,18H,4,7,10-12,14-15H2,(H,23,25)/t18-/m1/s1. The number of amides is 1. The summed E-state index contributed by atoms with van der Waals surface area (Å²) in [6, 6.07) is 14.2. The molecule has 0 radical (unpaired) electrons. The zero-order chi connectivity index (χ0) is 18.2. The molecule has 1 aliphatic rings. The molecular formula is C20H24ClN3OS. The number of aromatic nitrogens is 1. The van der Waals surface area contributed by atoms with Crippen LogP contribution >= 0.6 is 23.4 Å². The van der Waals surface area contributed by atoms with E-state index in [4.69, 9.17) is 11.6 Å². The number of nitrogens with one attached hydrogen (secondary N) is 1. The van der Waals surface area contributed by atoms with E-state index in [-0.39, 0.29) is 11.9 Å². The average Bonchev–Trinajstić information content (AvgIpc) is 3.10. The van der Waals surface area contributed by atoms with Gasteiger partial charge in [-0.3, -0.25) is 9.69 Å². The van der Waals surface area contributed by atoms with Crippen molar-refractivity contribution in [2.24, 2.45) is 0 Å². The molecule has 1 aromatic heterocycles. The first-order chi connectivity index (χ1) is 12.7. The molecular weight excluding hydrogens is 366 g/mol. The van der Waals surface area contributed by atoms with Crippen LogP contribution in [0.2, 0.25) is 5.15 Å². The molecule has 1 N–H and O–H groups in total. The molecule has 2 aromatic rings. The van der Waals surface area contributed by atoms with Gasteiger partial charge in [-0.25, -0.2) is 4.98 Å². The van der Waals surface area contributed by atoms with E-state index in [1.165, 1.54) is 5.56 Å². The van der Waals surface area contributed by atoms with E-state index in [2.05, 4.69) is 27.3 Å². The van der Waals surface area contributed by atoms with Gasteiger partial charge in [-0.05, 0) is 42.6 Å². The van der Waals surface area contributed by atoms with E-state index in [0.29, 0.717) is 11.7 Å². The fraction of sp³-hybridized carbons (Fsp3) is 0.400. The molecule has 4 nitrogen and oxygen atoms in total. The molecule has 138 valence electrons. The Kier molecular flexibility index (Phi) is 7.35. The predicted molar refractivity (Wildman–Crippen MR) is 108 cm³/mol. The molecule has 6 heteroatoms. The highest BCUT2D eigenvalue weighted by atomic mass is 35.5. The van der Waals surface area contributed by atoms with Gasteiger partial charge in [0.15, 0.2) is 0 Å². The second-order valence-corrected chi connectivity index (χ2v) is 7.94. The molecule has 1 aromatic carbocycles. The van der Waals surface area contributed by atoms with E-state index in [9.17, 15) is 4.79 Å². The van der Waals surface area contributed by atoms with Gasteiger partial charge >= 0.3 is 0 Å². The monoisotopic (exact) mass is 389 g/mol. The highest BCUT2D eigenvalue weighted by Gasteiger charge is 2.30. The van der Waals surface area contributed by atoms with Crippen molar-refractivity contribution in [1.29, 1.82) is 0 Å². The Hall–Kier alpha value is -1.56. The quantitative estimate of drug-likeness (QED) is 0.551. The third-order valence-corrected chi connectivity index (χ3v) is 5.74. The van der Waals surface area contributed by atoms with Crippen molar-refractivity contribution < 1.29 is 4.79 Å². The van der Waals surface area contributed by atoms with Crippen LogP contribution in [0.15, 0.2) is 48.7 Å². The molecule has 1 amide bonds. The maximum absolute atomic E-state index is 12.5. The van der Waals surface area contributed by atoms with Crippen LogP contribution in [0.1, 0.15) is 24.0 Å². The zero-order valence-corrected chi connectivity index (χ0v) is 16.3. The Morgan fingerprint density at radius 1 is 1.27 bits per heavy atom. The molecule has 2 heterocycles. The second kappa shape index (κ2) is 9.95. The number of nitrogens with zero attached hydrogens (tertiary/aromatic N) is 2. The minimum absolute atomic E-state index is 0.000731. The van der Waals surface area contributed by atoms with Crippen molar-refractivity contribution in [3.63, 3.8) is 0 Å². The van der Waals surface area contributed by atoms with Crippen molar-refractivity contribution >= 4 is 29.3 Å². The number of hydrogen-bond donors (Lipinski definition) is 1. The van der Waals surface area contributed by atoms with Crippen LogP contribution in [0.25, 0.3) is 0 Å². The highest BCUT2D eigenvalue weighted by Crippen LogP contribution is 2.20. The second-order valence-electron chi connectivity index (χ2n) is 6.44. The van der Waals surface area contributed by atoms with Crippen LogP contribution in [0, 0.1) is 0 Å². The van der Waals surface area contributed by atoms with Crippen LogP contribution in [0.5, 0.6) is 0 Å². The summed E-state index contributed by atoms with van der Waals surface area (Å²) in [5, 5.41) is 3.62. The summed E-state index contributed by atoms with van der Waals surface area (Å²) in [6.45, 7) is 2.53. The van der Waals surface area contributed by atoms with Gasteiger partial charge in [-0.1, -0.05) is 41.9 Å². The molecule has 26 heavy (non-hydrogen) atoms. The normalized spacial score (nSPS) is 17.3. The summed E-state index contributed by atoms with van der Waals surface area (Å²) in [5.41, 5.74) is 2.42. The van der Waals surface area contributed by atoms with E-state index in [0.717, 1.165) is 43.0 Å². The first-order valence-electron chi connectivity index (χ1n) is 8.96. The van der Waals surface area contributed by atoms with Gasteiger partial charge in [0.25, 0.3) is 0 Å². The molecule has 0 aliphatic carbocycles. The summed E-state index contributed by atoms with van der Waals surface area (Å²) < 4.78 is 0. The van der Waals surface area contributed by atoms with Crippen LogP contribution in [-0.2, 0) is 17.1 Å². The van der Waals surface area contributed by atoms with E-state index < -0.39 is 0 Å². The van der Waals surface area contributed by atoms with Gasteiger partial charge in [0.2, 0.25) is 5.91 Å². The minimum Gasteiger partial charge on any atom is -0.354 e. The Morgan fingerprint density at radius 2 is 2.12 bits per heavy atom. The third kappa shape index (κ3) is 5.73. The number of pyridine rings is 1. The van der Waals surface area contributed by atoms with Crippen LogP contribution < -0.4 is 5.32 Å². The Labute approximate surface area is 164 Å². The van der Waals surface area contributed by atoms with E-state index in [1.54, 1.807) is 18.0 Å². The van der Waals surface area contributed by atoms with Gasteiger partial charge in [0, 0.05) is 30.8 Å². The number of thioether (sulfide) groups is 1. The lowest BCUT2D eigenvalue weighted by atomic mass is 10.1. The smallest absolute Gasteiger partial charge is 0.237 e. The molecule has 1 fully saturated rings. The van der Waals surface area contributed by atoms with Crippen molar-refractivity contribution in [3.05, 3.63) is 64.9 Å². The molecule has 0 saturated carbocycles. The topological polar surface area (TPSA) is 45.2 Å². The van der Waals surface area contributed by atoms with E-state index in [1.807, 2.05) is 30.3 Å². The Balaban J connectivity index is 1.38. The highest BCUT2D eigenvalue weighted by molar-refractivity contribution is 7.98. The molecule has 0 spiro atoms. The molecule has 1 saturated heterocycles. The number of carbonyl (C=O) groups excluding carboxylic acids is 1. The lowest BCUT2D eigenvalue weighted by molar-refractivity contribution is -0.125. The Morgan fingerprint density at radius 3 is 2.92 bits per heavy atom. The molecule has 1 atom stereocenters. The fourth-order valence-corrected chi connectivity index (χ4v) is 4.22. The molecule has 0 bridgehead atoms. The number of halogens is 1. The van der Waals surface area contributed by atoms with Crippen LogP contribution in [0.3, 0.4) is 0 Å². The number of likely N-dealkylation sites (tertiary alicyclic amines) is 1. The van der Waals surface area contributed by atoms with Gasteiger partial charge in [0.1, 0.15) is 5.15 Å². The van der Waals surface area contributed by atoms with Gasteiger partial charge in [-0.2, -0.15) is 11.8 Å². The van der Waals surface area contributed by atoms with Crippen molar-refractivity contribution in [2.75, 3.05) is 18.8 Å². The third-order valence-electron chi connectivity index (χ3n) is 4.50. The molecule has 0 unspecified atom stereocenters. The number of hydrogen-bond acceptors (Lipinski definition) is 4. The lowest BCUT2D eigenvalue weighted by Gasteiger charge is -2.23. The predicted octanol–water partition coefficient (Wildman–Crippen LogP) is 3.75.